The summed E-state index contributed by atoms with van der Waals surface area (Å²) in [6, 6.07) is 5.63. The van der Waals surface area contributed by atoms with E-state index in [1.807, 2.05) is 0 Å². The Balaban J connectivity index is 0.00000225. The molecule has 2 unspecified atom stereocenters. The van der Waals surface area contributed by atoms with E-state index < -0.39 is 6.04 Å². The van der Waals surface area contributed by atoms with Crippen LogP contribution in [0.2, 0.25) is 0 Å². The average molecular weight is 369 g/mol. The number of benzene rings is 1. The number of piperidine rings is 1. The van der Waals surface area contributed by atoms with Gasteiger partial charge in [-0.25, -0.2) is 9.07 Å². The van der Waals surface area contributed by atoms with Crippen molar-refractivity contribution in [1.29, 1.82) is 0 Å². The van der Waals surface area contributed by atoms with E-state index in [4.69, 9.17) is 5.73 Å². The van der Waals surface area contributed by atoms with Crippen molar-refractivity contribution in [2.75, 3.05) is 13.1 Å². The summed E-state index contributed by atoms with van der Waals surface area (Å²) in [7, 11) is 0. The average Bonchev–Trinajstić information content (AvgIpc) is 2.98. The summed E-state index contributed by atoms with van der Waals surface area (Å²) in [5, 5.41) is 11.5. The largest absolute Gasteiger partial charge is 0.339 e. The lowest BCUT2D eigenvalue weighted by atomic mass is 10.0. The van der Waals surface area contributed by atoms with Gasteiger partial charge in [-0.2, -0.15) is 0 Å². The molecule has 2 heterocycles. The quantitative estimate of drug-likeness (QED) is 0.877. The predicted molar refractivity (Wildman–Crippen MR) is 92.7 cm³/mol. The first-order valence-electron chi connectivity index (χ1n) is 8.08. The van der Waals surface area contributed by atoms with E-state index in [2.05, 4.69) is 15.5 Å². The molecule has 1 aliphatic heterocycles. The molecule has 1 aliphatic rings. The number of likely N-dealkylation sites (tertiary alicyclic amines) is 1. The van der Waals surface area contributed by atoms with Crippen molar-refractivity contribution in [3.05, 3.63) is 41.5 Å². The van der Waals surface area contributed by atoms with E-state index >= 15 is 0 Å². The number of carbonyl (C=O) groups excluding carboxylic acids is 1. The number of tetrazole rings is 1. The van der Waals surface area contributed by atoms with E-state index in [-0.39, 0.29) is 30.2 Å². The van der Waals surface area contributed by atoms with E-state index in [9.17, 15) is 9.18 Å². The summed E-state index contributed by atoms with van der Waals surface area (Å²) < 4.78 is 15.0. The first-order chi connectivity index (χ1) is 11.5. The van der Waals surface area contributed by atoms with Gasteiger partial charge in [0, 0.05) is 25.6 Å². The lowest BCUT2D eigenvalue weighted by Gasteiger charge is -2.33. The van der Waals surface area contributed by atoms with Gasteiger partial charge in [-0.3, -0.25) is 4.79 Å². The number of rotatable bonds is 4. The number of aryl methyl sites for hydroxylation is 1. The number of hydrogen-bond donors (Lipinski definition) is 1. The Morgan fingerprint density at radius 2 is 2.28 bits per heavy atom. The summed E-state index contributed by atoms with van der Waals surface area (Å²) in [5.41, 5.74) is 6.72. The highest BCUT2D eigenvalue weighted by atomic mass is 35.5. The molecule has 1 aromatic heterocycles. The molecule has 0 spiro atoms. The molecule has 2 N–H and O–H groups in total. The van der Waals surface area contributed by atoms with E-state index in [1.165, 1.54) is 16.8 Å². The van der Waals surface area contributed by atoms with Crippen molar-refractivity contribution in [1.82, 2.24) is 25.1 Å². The number of nitrogens with two attached hydrogens (primary N) is 1. The zero-order chi connectivity index (χ0) is 17.1. The minimum atomic E-state index is -0.605. The van der Waals surface area contributed by atoms with Gasteiger partial charge in [-0.15, -0.1) is 17.5 Å². The third-order valence-corrected chi connectivity index (χ3v) is 4.33. The molecule has 136 valence electrons. The summed E-state index contributed by atoms with van der Waals surface area (Å²) >= 11 is 0. The Bertz CT molecular complexity index is 724. The van der Waals surface area contributed by atoms with E-state index in [0.29, 0.717) is 25.3 Å². The smallest absolute Gasteiger partial charge is 0.247 e. The number of carbonyl (C=O) groups is 1. The molecular formula is C16H22ClFN6O. The monoisotopic (exact) mass is 368 g/mol. The molecule has 1 amide bonds. The first-order valence-corrected chi connectivity index (χ1v) is 8.08. The zero-order valence-electron chi connectivity index (χ0n) is 14.0. The Kier molecular flexibility index (Phi) is 6.44. The van der Waals surface area contributed by atoms with Crippen molar-refractivity contribution in [3.63, 3.8) is 0 Å². The molecule has 0 saturated carbocycles. The van der Waals surface area contributed by atoms with Crippen LogP contribution >= 0.6 is 12.4 Å². The second-order valence-electron chi connectivity index (χ2n) is 6.21. The van der Waals surface area contributed by atoms with Crippen LogP contribution in [0.15, 0.2) is 24.3 Å². The second kappa shape index (κ2) is 8.35. The highest BCUT2D eigenvalue weighted by Gasteiger charge is 2.31. The minimum Gasteiger partial charge on any atom is -0.339 e. The maximum absolute atomic E-state index is 13.5. The SMILES string of the molecule is Cc1nnnn1C(Cc1cccc(F)c1)C(=O)N1CCCC(N)C1.Cl. The van der Waals surface area contributed by atoms with Crippen molar-refractivity contribution in [3.8, 4) is 0 Å². The lowest BCUT2D eigenvalue weighted by Crippen LogP contribution is -2.48. The third-order valence-electron chi connectivity index (χ3n) is 4.33. The summed E-state index contributed by atoms with van der Waals surface area (Å²) in [5.74, 6) is 0.142. The van der Waals surface area contributed by atoms with Crippen molar-refractivity contribution in [2.45, 2.75) is 38.3 Å². The van der Waals surface area contributed by atoms with Crippen LogP contribution in [0.1, 0.15) is 30.3 Å². The van der Waals surface area contributed by atoms with Gasteiger partial charge in [-0.05, 0) is 47.9 Å². The first kappa shape index (κ1) is 19.3. The molecule has 7 nitrogen and oxygen atoms in total. The van der Waals surface area contributed by atoms with Gasteiger partial charge in [0.05, 0.1) is 0 Å². The molecule has 2 aromatic rings. The van der Waals surface area contributed by atoms with Crippen LogP contribution in [0.25, 0.3) is 0 Å². The molecule has 0 aliphatic carbocycles. The molecule has 9 heteroatoms. The number of amides is 1. The number of hydrogen-bond acceptors (Lipinski definition) is 5. The van der Waals surface area contributed by atoms with Crippen LogP contribution in [0.4, 0.5) is 4.39 Å². The Labute approximate surface area is 151 Å². The summed E-state index contributed by atoms with van der Waals surface area (Å²) in [6.45, 7) is 2.95. The fourth-order valence-corrected chi connectivity index (χ4v) is 3.11. The van der Waals surface area contributed by atoms with Crippen LogP contribution < -0.4 is 5.73 Å². The van der Waals surface area contributed by atoms with Gasteiger partial charge in [0.2, 0.25) is 5.91 Å². The fourth-order valence-electron chi connectivity index (χ4n) is 3.11. The Morgan fingerprint density at radius 1 is 1.48 bits per heavy atom. The Morgan fingerprint density at radius 3 is 2.92 bits per heavy atom. The van der Waals surface area contributed by atoms with Crippen LogP contribution in [0.3, 0.4) is 0 Å². The van der Waals surface area contributed by atoms with Crippen molar-refractivity contribution in [2.24, 2.45) is 5.73 Å². The number of aromatic nitrogens is 4. The lowest BCUT2D eigenvalue weighted by molar-refractivity contribution is -0.136. The van der Waals surface area contributed by atoms with Crippen LogP contribution in [-0.4, -0.2) is 50.1 Å². The molecule has 2 atom stereocenters. The summed E-state index contributed by atoms with van der Waals surface area (Å²) in [6.07, 6.45) is 2.13. The van der Waals surface area contributed by atoms with Gasteiger partial charge < -0.3 is 10.6 Å². The van der Waals surface area contributed by atoms with Gasteiger partial charge in [0.15, 0.2) is 0 Å². The van der Waals surface area contributed by atoms with Crippen LogP contribution in [0.5, 0.6) is 0 Å². The molecule has 0 bridgehead atoms. The van der Waals surface area contributed by atoms with Gasteiger partial charge in [0.1, 0.15) is 17.7 Å². The Hall–Kier alpha value is -2.06. The maximum atomic E-state index is 13.5. The zero-order valence-corrected chi connectivity index (χ0v) is 14.8. The molecule has 25 heavy (non-hydrogen) atoms. The third kappa shape index (κ3) is 4.52. The maximum Gasteiger partial charge on any atom is 0.247 e. The predicted octanol–water partition coefficient (Wildman–Crippen LogP) is 1.28. The summed E-state index contributed by atoms with van der Waals surface area (Å²) in [4.78, 5) is 14.8. The molecule has 3 rings (SSSR count). The van der Waals surface area contributed by atoms with Crippen LogP contribution in [-0.2, 0) is 11.2 Å². The van der Waals surface area contributed by atoms with Gasteiger partial charge >= 0.3 is 0 Å². The molecular weight excluding hydrogens is 347 g/mol. The second-order valence-corrected chi connectivity index (χ2v) is 6.21. The number of nitrogens with zero attached hydrogens (tertiary/aromatic N) is 5. The highest BCUT2D eigenvalue weighted by Crippen LogP contribution is 2.20. The standard InChI is InChI=1S/C16H21FN6O.ClH/c1-11-19-20-21-23(11)15(9-12-4-2-5-13(17)8-12)16(24)22-7-3-6-14(18)10-22;/h2,4-5,8,14-15H,3,6-7,9-10,18H2,1H3;1H. The van der Waals surface area contributed by atoms with Crippen LogP contribution in [0, 0.1) is 12.7 Å². The minimum absolute atomic E-state index is 0. The molecule has 1 fully saturated rings. The fraction of sp³-hybridized carbons (Fsp3) is 0.500. The number of halogens is 2. The molecule has 1 aromatic carbocycles. The topological polar surface area (TPSA) is 89.9 Å². The van der Waals surface area contributed by atoms with E-state index in [1.54, 1.807) is 24.0 Å². The molecule has 1 saturated heterocycles. The van der Waals surface area contributed by atoms with Crippen molar-refractivity contribution < 1.29 is 9.18 Å². The van der Waals surface area contributed by atoms with E-state index in [0.717, 1.165) is 18.4 Å². The van der Waals surface area contributed by atoms with Gasteiger partial charge in [-0.1, -0.05) is 12.1 Å². The molecule has 0 radical (unpaired) electrons. The van der Waals surface area contributed by atoms with Crippen molar-refractivity contribution >= 4 is 18.3 Å². The normalized spacial score (nSPS) is 18.5. The highest BCUT2D eigenvalue weighted by molar-refractivity contribution is 5.85. The van der Waals surface area contributed by atoms with Gasteiger partial charge in [0.25, 0.3) is 0 Å².